The van der Waals surface area contributed by atoms with Gasteiger partial charge in [0.2, 0.25) is 0 Å². The van der Waals surface area contributed by atoms with Crippen molar-refractivity contribution in [2.45, 2.75) is 6.92 Å². The predicted molar refractivity (Wildman–Crippen MR) is 84.9 cm³/mol. The number of methoxy groups -OCH3 is 2. The number of aromatic nitrogens is 1. The predicted octanol–water partition coefficient (Wildman–Crippen LogP) is 4.19. The molecule has 0 aliphatic heterocycles. The van der Waals surface area contributed by atoms with E-state index in [2.05, 4.69) is 11.1 Å². The van der Waals surface area contributed by atoms with Gasteiger partial charge in [-0.25, -0.2) is 4.98 Å². The van der Waals surface area contributed by atoms with E-state index in [4.69, 9.17) is 21.1 Å². The molecule has 6 heteroatoms. The van der Waals surface area contributed by atoms with Crippen molar-refractivity contribution in [1.29, 1.82) is 5.26 Å². The molecular weight excluding hydrogens is 308 g/mol. The Balaban J connectivity index is 2.49. The van der Waals surface area contributed by atoms with E-state index in [0.29, 0.717) is 27.1 Å². The summed E-state index contributed by atoms with van der Waals surface area (Å²) in [6.45, 7) is 1.89. The number of aryl methyl sites for hydroxylation is 1. The smallest absolute Gasteiger partial charge is 0.179 e. The Labute approximate surface area is 132 Å². The summed E-state index contributed by atoms with van der Waals surface area (Å²) in [6, 6.07) is 5.65. The van der Waals surface area contributed by atoms with E-state index in [-0.39, 0.29) is 0 Å². The summed E-state index contributed by atoms with van der Waals surface area (Å²) in [5, 5.41) is 12.3. The fraction of sp³-hybridized carbons (Fsp3) is 0.200. The third-order valence-corrected chi connectivity index (χ3v) is 4.01. The zero-order chi connectivity index (χ0) is 15.4. The van der Waals surface area contributed by atoms with Crippen LogP contribution in [0.5, 0.6) is 11.5 Å². The Morgan fingerprint density at radius 3 is 2.67 bits per heavy atom. The normalized spacial score (nSPS) is 11.1. The van der Waals surface area contributed by atoms with E-state index in [1.807, 2.05) is 12.3 Å². The van der Waals surface area contributed by atoms with Crippen LogP contribution in [0.15, 0.2) is 17.5 Å². The Bertz CT molecular complexity index is 732. The molecule has 1 aromatic heterocycles. The first-order valence-corrected chi connectivity index (χ1v) is 7.30. The number of benzene rings is 1. The molecule has 0 radical (unpaired) electrons. The van der Waals surface area contributed by atoms with Gasteiger partial charge in [0.15, 0.2) is 11.5 Å². The molecule has 4 nitrogen and oxygen atoms in total. The van der Waals surface area contributed by atoms with Crippen LogP contribution in [-0.4, -0.2) is 19.2 Å². The second-order valence-corrected chi connectivity index (χ2v) is 5.47. The molecule has 0 spiro atoms. The average molecular weight is 321 g/mol. The first-order valence-electron chi connectivity index (χ1n) is 6.05. The standard InChI is InChI=1S/C15H13ClN2O2S/c1-9-8-21-15(18-9)11(7-17)4-10-5-12(16)14(20-3)13(6-10)19-2/h4-6,8H,1-3H3/b11-4+. The molecule has 0 bridgehead atoms. The second-order valence-electron chi connectivity index (χ2n) is 4.20. The number of hydrogen-bond donors (Lipinski definition) is 0. The maximum Gasteiger partial charge on any atom is 0.179 e. The summed E-state index contributed by atoms with van der Waals surface area (Å²) in [5.41, 5.74) is 2.12. The number of hydrogen-bond acceptors (Lipinski definition) is 5. The minimum absolute atomic E-state index is 0.427. The first kappa shape index (κ1) is 15.4. The molecule has 0 amide bonds. The third-order valence-electron chi connectivity index (χ3n) is 2.74. The van der Waals surface area contributed by atoms with Crippen molar-refractivity contribution in [2.24, 2.45) is 0 Å². The number of nitrogens with zero attached hydrogens (tertiary/aromatic N) is 2. The largest absolute Gasteiger partial charge is 0.493 e. The monoisotopic (exact) mass is 320 g/mol. The highest BCUT2D eigenvalue weighted by Crippen LogP contribution is 2.37. The van der Waals surface area contributed by atoms with Gasteiger partial charge in [0.1, 0.15) is 11.1 Å². The highest BCUT2D eigenvalue weighted by Gasteiger charge is 2.12. The van der Waals surface area contributed by atoms with Gasteiger partial charge in [0.05, 0.1) is 24.8 Å². The van der Waals surface area contributed by atoms with Crippen molar-refractivity contribution in [3.05, 3.63) is 38.8 Å². The molecule has 0 saturated carbocycles. The lowest BCUT2D eigenvalue weighted by atomic mass is 10.1. The fourth-order valence-corrected chi connectivity index (χ4v) is 2.87. The molecule has 2 aromatic rings. The van der Waals surface area contributed by atoms with Crippen molar-refractivity contribution in [3.8, 4) is 17.6 Å². The van der Waals surface area contributed by atoms with Gasteiger partial charge in [-0.05, 0) is 30.7 Å². The summed E-state index contributed by atoms with van der Waals surface area (Å²) >= 11 is 7.59. The van der Waals surface area contributed by atoms with Crippen molar-refractivity contribution in [1.82, 2.24) is 4.98 Å². The van der Waals surface area contributed by atoms with Gasteiger partial charge >= 0.3 is 0 Å². The molecule has 1 heterocycles. The number of allylic oxidation sites excluding steroid dienone is 1. The van der Waals surface area contributed by atoms with E-state index in [1.54, 1.807) is 18.2 Å². The number of nitriles is 1. The van der Waals surface area contributed by atoms with Crippen molar-refractivity contribution in [3.63, 3.8) is 0 Å². The Morgan fingerprint density at radius 1 is 1.38 bits per heavy atom. The summed E-state index contributed by atoms with van der Waals surface area (Å²) in [6.07, 6.45) is 1.73. The summed E-state index contributed by atoms with van der Waals surface area (Å²) < 4.78 is 10.4. The van der Waals surface area contributed by atoms with Crippen LogP contribution in [0.2, 0.25) is 5.02 Å². The summed E-state index contributed by atoms with van der Waals surface area (Å²) in [4.78, 5) is 4.32. The van der Waals surface area contributed by atoms with E-state index in [0.717, 1.165) is 11.3 Å². The molecule has 0 atom stereocenters. The lowest BCUT2D eigenvalue weighted by Crippen LogP contribution is -1.92. The van der Waals surface area contributed by atoms with Crippen LogP contribution in [-0.2, 0) is 0 Å². The molecular formula is C15H13ClN2O2S. The van der Waals surface area contributed by atoms with Gasteiger partial charge in [-0.15, -0.1) is 11.3 Å². The highest BCUT2D eigenvalue weighted by atomic mass is 35.5. The summed E-state index contributed by atoms with van der Waals surface area (Å²) in [5.74, 6) is 0.990. The SMILES string of the molecule is COc1cc(/C=C(\C#N)c2nc(C)cs2)cc(Cl)c1OC. The zero-order valence-electron chi connectivity index (χ0n) is 11.8. The van der Waals surface area contributed by atoms with Crippen LogP contribution in [0.4, 0.5) is 0 Å². The third kappa shape index (κ3) is 3.35. The molecule has 0 unspecified atom stereocenters. The summed E-state index contributed by atoms with van der Waals surface area (Å²) in [7, 11) is 3.06. The minimum atomic E-state index is 0.427. The van der Waals surface area contributed by atoms with Gasteiger partial charge < -0.3 is 9.47 Å². The van der Waals surface area contributed by atoms with Crippen LogP contribution < -0.4 is 9.47 Å². The molecule has 2 rings (SSSR count). The number of rotatable bonds is 4. The molecule has 0 N–H and O–H groups in total. The Morgan fingerprint density at radius 2 is 2.14 bits per heavy atom. The lowest BCUT2D eigenvalue weighted by molar-refractivity contribution is 0.355. The van der Waals surface area contributed by atoms with Crippen LogP contribution in [0.1, 0.15) is 16.3 Å². The van der Waals surface area contributed by atoms with E-state index in [9.17, 15) is 5.26 Å². The quantitative estimate of drug-likeness (QED) is 0.793. The van der Waals surface area contributed by atoms with E-state index >= 15 is 0 Å². The molecule has 0 aliphatic rings. The molecule has 0 fully saturated rings. The molecule has 0 aliphatic carbocycles. The fourth-order valence-electron chi connectivity index (χ4n) is 1.81. The lowest BCUT2D eigenvalue weighted by Gasteiger charge is -2.10. The topological polar surface area (TPSA) is 55.1 Å². The maximum atomic E-state index is 9.31. The number of thiazole rings is 1. The van der Waals surface area contributed by atoms with Gasteiger partial charge in [-0.1, -0.05) is 11.6 Å². The van der Waals surface area contributed by atoms with Crippen LogP contribution in [0.25, 0.3) is 11.6 Å². The van der Waals surface area contributed by atoms with Gasteiger partial charge in [0, 0.05) is 11.1 Å². The van der Waals surface area contributed by atoms with Gasteiger partial charge in [-0.2, -0.15) is 5.26 Å². The zero-order valence-corrected chi connectivity index (χ0v) is 13.4. The minimum Gasteiger partial charge on any atom is -0.493 e. The number of ether oxygens (including phenoxy) is 2. The van der Waals surface area contributed by atoms with Gasteiger partial charge in [-0.3, -0.25) is 0 Å². The van der Waals surface area contributed by atoms with Crippen LogP contribution >= 0.6 is 22.9 Å². The average Bonchev–Trinajstić information content (AvgIpc) is 2.90. The molecule has 108 valence electrons. The second kappa shape index (κ2) is 6.61. The van der Waals surface area contributed by atoms with Crippen molar-refractivity contribution in [2.75, 3.05) is 14.2 Å². The van der Waals surface area contributed by atoms with E-state index < -0.39 is 0 Å². The van der Waals surface area contributed by atoms with Crippen molar-refractivity contribution < 1.29 is 9.47 Å². The Kier molecular flexibility index (Phi) is 4.84. The van der Waals surface area contributed by atoms with Crippen LogP contribution in [0.3, 0.4) is 0 Å². The molecule has 21 heavy (non-hydrogen) atoms. The van der Waals surface area contributed by atoms with Gasteiger partial charge in [0.25, 0.3) is 0 Å². The van der Waals surface area contributed by atoms with Crippen molar-refractivity contribution >= 4 is 34.6 Å². The molecule has 0 saturated heterocycles. The first-order chi connectivity index (χ1) is 10.1. The van der Waals surface area contributed by atoms with Crippen LogP contribution in [0, 0.1) is 18.3 Å². The maximum absolute atomic E-state index is 9.31. The Hall–Kier alpha value is -2.03. The number of halogens is 1. The highest BCUT2D eigenvalue weighted by molar-refractivity contribution is 7.11. The molecule has 1 aromatic carbocycles. The van der Waals surface area contributed by atoms with E-state index in [1.165, 1.54) is 25.6 Å².